The minimum Gasteiger partial charge on any atom is -0.497 e. The van der Waals surface area contributed by atoms with Crippen molar-refractivity contribution in [2.45, 2.75) is 25.9 Å². The molecule has 5 heteroatoms. The summed E-state index contributed by atoms with van der Waals surface area (Å²) in [4.78, 5) is 5.04. The summed E-state index contributed by atoms with van der Waals surface area (Å²) in [7, 11) is 1.71. The predicted molar refractivity (Wildman–Crippen MR) is 119 cm³/mol. The molecule has 156 valence electrons. The van der Waals surface area contributed by atoms with E-state index in [2.05, 4.69) is 52.4 Å². The SMILES string of the molecule is CCNc1ccc2c(c1)CCOC2CCN1CCN(c2ccc(OC)cc2)CC1. The minimum atomic E-state index is 0.231. The maximum absolute atomic E-state index is 6.14. The lowest BCUT2D eigenvalue weighted by molar-refractivity contribution is 0.0289. The van der Waals surface area contributed by atoms with Gasteiger partial charge in [-0.1, -0.05) is 6.07 Å². The number of ether oxygens (including phenoxy) is 2. The highest BCUT2D eigenvalue weighted by atomic mass is 16.5. The van der Waals surface area contributed by atoms with E-state index in [9.17, 15) is 0 Å². The van der Waals surface area contributed by atoms with E-state index in [1.54, 1.807) is 7.11 Å². The maximum atomic E-state index is 6.14. The van der Waals surface area contributed by atoms with E-state index in [1.165, 1.54) is 22.5 Å². The second-order valence-electron chi connectivity index (χ2n) is 7.87. The van der Waals surface area contributed by atoms with Gasteiger partial charge in [-0.05, 0) is 67.3 Å². The Kier molecular flexibility index (Phi) is 6.57. The van der Waals surface area contributed by atoms with Crippen LogP contribution in [0.1, 0.15) is 30.6 Å². The highest BCUT2D eigenvalue weighted by molar-refractivity contribution is 5.50. The number of hydrogen-bond donors (Lipinski definition) is 1. The van der Waals surface area contributed by atoms with Gasteiger partial charge >= 0.3 is 0 Å². The van der Waals surface area contributed by atoms with Gasteiger partial charge in [-0.25, -0.2) is 0 Å². The second-order valence-corrected chi connectivity index (χ2v) is 7.87. The summed E-state index contributed by atoms with van der Waals surface area (Å²) in [5.41, 5.74) is 5.34. The fourth-order valence-corrected chi connectivity index (χ4v) is 4.41. The predicted octanol–water partition coefficient (Wildman–Crippen LogP) is 3.95. The normalized spacial score (nSPS) is 19.7. The average molecular weight is 396 g/mol. The Morgan fingerprint density at radius 1 is 1.07 bits per heavy atom. The lowest BCUT2D eigenvalue weighted by Crippen LogP contribution is -2.46. The largest absolute Gasteiger partial charge is 0.497 e. The van der Waals surface area contributed by atoms with Crippen molar-refractivity contribution < 1.29 is 9.47 Å². The maximum Gasteiger partial charge on any atom is 0.119 e. The number of anilines is 2. The van der Waals surface area contributed by atoms with Gasteiger partial charge in [-0.2, -0.15) is 0 Å². The van der Waals surface area contributed by atoms with Gasteiger partial charge in [0, 0.05) is 50.6 Å². The number of methoxy groups -OCH3 is 1. The lowest BCUT2D eigenvalue weighted by atomic mass is 9.95. The molecule has 2 aliphatic heterocycles. The Morgan fingerprint density at radius 3 is 2.59 bits per heavy atom. The summed E-state index contributed by atoms with van der Waals surface area (Å²) >= 11 is 0. The molecule has 1 unspecified atom stereocenters. The van der Waals surface area contributed by atoms with Crippen LogP contribution in [0.25, 0.3) is 0 Å². The van der Waals surface area contributed by atoms with Gasteiger partial charge in [-0.3, -0.25) is 4.90 Å². The molecule has 0 radical (unpaired) electrons. The zero-order valence-electron chi connectivity index (χ0n) is 17.7. The van der Waals surface area contributed by atoms with Crippen molar-refractivity contribution in [2.24, 2.45) is 0 Å². The van der Waals surface area contributed by atoms with Crippen LogP contribution in [-0.4, -0.2) is 57.9 Å². The molecular formula is C24H33N3O2. The van der Waals surface area contributed by atoms with E-state index >= 15 is 0 Å². The number of piperazine rings is 1. The summed E-state index contributed by atoms with van der Waals surface area (Å²) < 4.78 is 11.4. The van der Waals surface area contributed by atoms with Crippen molar-refractivity contribution in [3.63, 3.8) is 0 Å². The van der Waals surface area contributed by atoms with Gasteiger partial charge in [0.1, 0.15) is 5.75 Å². The van der Waals surface area contributed by atoms with Crippen molar-refractivity contribution in [1.82, 2.24) is 4.90 Å². The summed E-state index contributed by atoms with van der Waals surface area (Å²) in [5.74, 6) is 0.915. The van der Waals surface area contributed by atoms with Crippen LogP contribution >= 0.6 is 0 Å². The first-order valence-electron chi connectivity index (χ1n) is 10.9. The number of rotatable bonds is 7. The van der Waals surface area contributed by atoms with Crippen LogP contribution in [0.3, 0.4) is 0 Å². The molecule has 1 atom stereocenters. The van der Waals surface area contributed by atoms with E-state index in [0.29, 0.717) is 0 Å². The molecule has 1 fully saturated rings. The molecule has 1 N–H and O–H groups in total. The first-order valence-corrected chi connectivity index (χ1v) is 10.9. The van der Waals surface area contributed by atoms with Crippen molar-refractivity contribution in [2.75, 3.05) is 63.2 Å². The Labute approximate surface area is 174 Å². The van der Waals surface area contributed by atoms with E-state index < -0.39 is 0 Å². The van der Waals surface area contributed by atoms with Gasteiger partial charge < -0.3 is 19.7 Å². The molecule has 2 aromatic carbocycles. The molecule has 0 amide bonds. The average Bonchev–Trinajstić information content (AvgIpc) is 2.78. The van der Waals surface area contributed by atoms with Gasteiger partial charge in [0.2, 0.25) is 0 Å². The quantitative estimate of drug-likeness (QED) is 0.768. The van der Waals surface area contributed by atoms with Crippen LogP contribution in [0.2, 0.25) is 0 Å². The molecule has 4 rings (SSSR count). The molecule has 5 nitrogen and oxygen atoms in total. The van der Waals surface area contributed by atoms with Gasteiger partial charge in [0.15, 0.2) is 0 Å². The molecule has 2 heterocycles. The summed E-state index contributed by atoms with van der Waals surface area (Å²) in [6, 6.07) is 15.2. The van der Waals surface area contributed by atoms with Crippen LogP contribution in [-0.2, 0) is 11.2 Å². The third-order valence-electron chi connectivity index (χ3n) is 6.08. The van der Waals surface area contributed by atoms with E-state index in [4.69, 9.17) is 9.47 Å². The fourth-order valence-electron chi connectivity index (χ4n) is 4.41. The molecule has 29 heavy (non-hydrogen) atoms. The molecule has 0 saturated carbocycles. The molecular weight excluding hydrogens is 362 g/mol. The molecule has 2 aliphatic rings. The zero-order chi connectivity index (χ0) is 20.1. The van der Waals surface area contributed by atoms with Crippen LogP contribution in [0.5, 0.6) is 5.75 Å². The van der Waals surface area contributed by atoms with Crippen molar-refractivity contribution in [1.29, 1.82) is 0 Å². The molecule has 0 aromatic heterocycles. The lowest BCUT2D eigenvalue weighted by Gasteiger charge is -2.37. The van der Waals surface area contributed by atoms with Crippen LogP contribution in [0.15, 0.2) is 42.5 Å². The Balaban J connectivity index is 1.29. The highest BCUT2D eigenvalue weighted by Gasteiger charge is 2.23. The Morgan fingerprint density at radius 2 is 1.86 bits per heavy atom. The summed E-state index contributed by atoms with van der Waals surface area (Å²) in [6.45, 7) is 9.37. The number of benzene rings is 2. The first-order chi connectivity index (χ1) is 14.3. The summed E-state index contributed by atoms with van der Waals surface area (Å²) in [5, 5.41) is 3.42. The highest BCUT2D eigenvalue weighted by Crippen LogP contribution is 2.32. The third kappa shape index (κ3) is 4.85. The Bertz CT molecular complexity index is 785. The monoisotopic (exact) mass is 395 g/mol. The third-order valence-corrected chi connectivity index (χ3v) is 6.08. The van der Waals surface area contributed by atoms with Crippen molar-refractivity contribution in [3.05, 3.63) is 53.6 Å². The van der Waals surface area contributed by atoms with Crippen LogP contribution < -0.4 is 15.0 Å². The molecule has 0 aliphatic carbocycles. The van der Waals surface area contributed by atoms with Crippen molar-refractivity contribution >= 4 is 11.4 Å². The van der Waals surface area contributed by atoms with E-state index in [-0.39, 0.29) is 6.10 Å². The van der Waals surface area contributed by atoms with Gasteiger partial charge in [0.25, 0.3) is 0 Å². The van der Waals surface area contributed by atoms with E-state index in [0.717, 1.165) is 64.5 Å². The number of hydrogen-bond acceptors (Lipinski definition) is 5. The zero-order valence-corrected chi connectivity index (χ0v) is 17.7. The van der Waals surface area contributed by atoms with Crippen LogP contribution in [0.4, 0.5) is 11.4 Å². The topological polar surface area (TPSA) is 37.0 Å². The molecule has 0 spiro atoms. The van der Waals surface area contributed by atoms with Gasteiger partial charge in [0.05, 0.1) is 19.8 Å². The molecule has 0 bridgehead atoms. The van der Waals surface area contributed by atoms with Crippen LogP contribution in [0, 0.1) is 0 Å². The Hall–Kier alpha value is -2.24. The molecule has 2 aromatic rings. The first kappa shape index (κ1) is 20.0. The van der Waals surface area contributed by atoms with Gasteiger partial charge in [-0.15, -0.1) is 0 Å². The fraction of sp³-hybridized carbons (Fsp3) is 0.500. The van der Waals surface area contributed by atoms with E-state index in [1.807, 2.05) is 12.1 Å². The number of nitrogens with one attached hydrogen (secondary N) is 1. The number of fused-ring (bicyclic) bond motifs is 1. The summed E-state index contributed by atoms with van der Waals surface area (Å²) in [6.07, 6.45) is 2.32. The van der Waals surface area contributed by atoms with Crippen molar-refractivity contribution in [3.8, 4) is 5.75 Å². The molecule has 1 saturated heterocycles. The second kappa shape index (κ2) is 9.51. The number of nitrogens with zero attached hydrogens (tertiary/aromatic N) is 2. The standard InChI is InChI=1S/C24H33N3O2/c1-3-25-20-4-9-23-19(18-20)11-17-29-24(23)10-12-26-13-15-27(16-14-26)21-5-7-22(28-2)8-6-21/h4-9,18,24-25H,3,10-17H2,1-2H3. The minimum absolute atomic E-state index is 0.231. The smallest absolute Gasteiger partial charge is 0.119 e.